The smallest absolute Gasteiger partial charge is 0.240 e. The molecule has 3 N–H and O–H groups in total. The molecule has 116 valence electrons. The summed E-state index contributed by atoms with van der Waals surface area (Å²) >= 11 is 0. The standard InChI is InChI=1S/C15H22N2O3S/c1-12-10-14(8-7-13(12)6-5-9-16)21(18,19)17-11-15(2,3)20-4/h7-8,10,17H,9,11,16H2,1-4H3. The van der Waals surface area contributed by atoms with Crippen molar-refractivity contribution in [2.24, 2.45) is 5.73 Å². The molecule has 0 saturated heterocycles. The average molecular weight is 310 g/mol. The summed E-state index contributed by atoms with van der Waals surface area (Å²) < 4.78 is 32.2. The SMILES string of the molecule is COC(C)(C)CNS(=O)(=O)c1ccc(C#CCN)c(C)c1. The van der Waals surface area contributed by atoms with Crippen LogP contribution in [0.3, 0.4) is 0 Å². The Bertz CT molecular complexity index is 655. The van der Waals surface area contributed by atoms with Crippen molar-refractivity contribution < 1.29 is 13.2 Å². The number of nitrogens with two attached hydrogens (primary N) is 1. The summed E-state index contributed by atoms with van der Waals surface area (Å²) in [5.74, 6) is 5.66. The fourth-order valence-electron chi connectivity index (χ4n) is 1.51. The third kappa shape index (κ3) is 5.14. The summed E-state index contributed by atoms with van der Waals surface area (Å²) in [7, 11) is -2.02. The van der Waals surface area contributed by atoms with E-state index in [9.17, 15) is 8.42 Å². The van der Waals surface area contributed by atoms with Crippen molar-refractivity contribution in [2.45, 2.75) is 31.3 Å². The maximum Gasteiger partial charge on any atom is 0.240 e. The van der Waals surface area contributed by atoms with E-state index in [-0.39, 0.29) is 18.0 Å². The molecule has 0 aromatic heterocycles. The molecule has 0 spiro atoms. The zero-order chi connectivity index (χ0) is 16.1. The number of ether oxygens (including phenoxy) is 1. The van der Waals surface area contributed by atoms with Crippen LogP contribution in [0.2, 0.25) is 0 Å². The van der Waals surface area contributed by atoms with E-state index in [0.717, 1.165) is 11.1 Å². The quantitative estimate of drug-likeness (QED) is 0.795. The van der Waals surface area contributed by atoms with Gasteiger partial charge in [-0.3, -0.25) is 0 Å². The second-order valence-electron chi connectivity index (χ2n) is 5.27. The lowest BCUT2D eigenvalue weighted by Crippen LogP contribution is -2.39. The van der Waals surface area contributed by atoms with E-state index in [1.165, 1.54) is 6.07 Å². The second-order valence-corrected chi connectivity index (χ2v) is 7.04. The summed E-state index contributed by atoms with van der Waals surface area (Å²) in [5, 5.41) is 0. The molecule has 0 heterocycles. The lowest BCUT2D eigenvalue weighted by molar-refractivity contribution is 0.0276. The molecule has 6 heteroatoms. The molecule has 0 fully saturated rings. The van der Waals surface area contributed by atoms with E-state index in [4.69, 9.17) is 10.5 Å². The highest BCUT2D eigenvalue weighted by atomic mass is 32.2. The van der Waals surface area contributed by atoms with Crippen molar-refractivity contribution in [1.82, 2.24) is 4.72 Å². The zero-order valence-corrected chi connectivity index (χ0v) is 13.7. The summed E-state index contributed by atoms with van der Waals surface area (Å²) in [6.07, 6.45) is 0. The van der Waals surface area contributed by atoms with Crippen LogP contribution in [-0.4, -0.2) is 34.2 Å². The van der Waals surface area contributed by atoms with Crippen molar-refractivity contribution in [3.05, 3.63) is 29.3 Å². The molecule has 0 aliphatic carbocycles. The van der Waals surface area contributed by atoms with Crippen LogP contribution < -0.4 is 10.5 Å². The molecule has 0 saturated carbocycles. The zero-order valence-electron chi connectivity index (χ0n) is 12.9. The number of hydrogen-bond donors (Lipinski definition) is 2. The van der Waals surface area contributed by atoms with Crippen LogP contribution in [-0.2, 0) is 14.8 Å². The van der Waals surface area contributed by atoms with Crippen LogP contribution in [0.1, 0.15) is 25.0 Å². The first kappa shape index (κ1) is 17.7. The third-order valence-electron chi connectivity index (χ3n) is 3.07. The Kier molecular flexibility index (Phi) is 5.93. The molecule has 0 radical (unpaired) electrons. The van der Waals surface area contributed by atoms with Gasteiger partial charge < -0.3 is 10.5 Å². The minimum atomic E-state index is -3.57. The minimum Gasteiger partial charge on any atom is -0.377 e. The Morgan fingerprint density at radius 3 is 2.57 bits per heavy atom. The normalized spacial score (nSPS) is 11.9. The molecular formula is C15H22N2O3S. The van der Waals surface area contributed by atoms with Crippen molar-refractivity contribution in [2.75, 3.05) is 20.2 Å². The summed E-state index contributed by atoms with van der Waals surface area (Å²) in [5.41, 5.74) is 6.34. The Hall–Kier alpha value is -1.39. The van der Waals surface area contributed by atoms with Crippen LogP contribution >= 0.6 is 0 Å². The number of rotatable bonds is 5. The third-order valence-corrected chi connectivity index (χ3v) is 4.47. The van der Waals surface area contributed by atoms with Gasteiger partial charge in [0.05, 0.1) is 17.0 Å². The van der Waals surface area contributed by atoms with Gasteiger partial charge in [-0.25, -0.2) is 13.1 Å². The van der Waals surface area contributed by atoms with E-state index in [0.29, 0.717) is 0 Å². The van der Waals surface area contributed by atoms with Gasteiger partial charge in [0, 0.05) is 19.2 Å². The lowest BCUT2D eigenvalue weighted by atomic mass is 10.1. The van der Waals surface area contributed by atoms with Crippen LogP contribution in [0.4, 0.5) is 0 Å². The second kappa shape index (κ2) is 7.05. The fraction of sp³-hybridized carbons (Fsp3) is 0.467. The molecule has 1 aromatic carbocycles. The highest BCUT2D eigenvalue weighted by molar-refractivity contribution is 7.89. The van der Waals surface area contributed by atoms with Crippen molar-refractivity contribution in [3.8, 4) is 11.8 Å². The van der Waals surface area contributed by atoms with E-state index >= 15 is 0 Å². The molecule has 5 nitrogen and oxygen atoms in total. The van der Waals surface area contributed by atoms with Gasteiger partial charge in [0.25, 0.3) is 0 Å². The molecule has 1 rings (SSSR count). The molecule has 0 aliphatic rings. The van der Waals surface area contributed by atoms with Gasteiger partial charge in [0.1, 0.15) is 0 Å². The molecule has 0 unspecified atom stereocenters. The van der Waals surface area contributed by atoms with E-state index < -0.39 is 15.6 Å². The Labute approximate surface area is 126 Å². The highest BCUT2D eigenvalue weighted by Gasteiger charge is 2.21. The summed E-state index contributed by atoms with van der Waals surface area (Å²) in [6, 6.07) is 4.83. The first-order chi connectivity index (χ1) is 9.72. The van der Waals surface area contributed by atoms with Crippen LogP contribution in [0.15, 0.2) is 23.1 Å². The molecule has 0 atom stereocenters. The predicted octanol–water partition coefficient (Wildman–Crippen LogP) is 1.01. The minimum absolute atomic E-state index is 0.194. The van der Waals surface area contributed by atoms with Gasteiger partial charge in [0.2, 0.25) is 10.0 Å². The van der Waals surface area contributed by atoms with Crippen molar-refractivity contribution >= 4 is 10.0 Å². The molecule has 0 aliphatic heterocycles. The summed E-state index contributed by atoms with van der Waals surface area (Å²) in [6.45, 7) is 5.91. The number of sulfonamides is 1. The first-order valence-corrected chi connectivity index (χ1v) is 8.04. The van der Waals surface area contributed by atoms with Crippen molar-refractivity contribution in [1.29, 1.82) is 0 Å². The Morgan fingerprint density at radius 2 is 2.05 bits per heavy atom. The fourth-order valence-corrected chi connectivity index (χ4v) is 2.80. The number of nitrogens with one attached hydrogen (secondary N) is 1. The van der Waals surface area contributed by atoms with Gasteiger partial charge in [-0.15, -0.1) is 0 Å². The van der Waals surface area contributed by atoms with E-state index in [1.54, 1.807) is 19.2 Å². The topological polar surface area (TPSA) is 81.4 Å². The monoisotopic (exact) mass is 310 g/mol. The predicted molar refractivity (Wildman–Crippen MR) is 83.4 cm³/mol. The van der Waals surface area contributed by atoms with E-state index in [2.05, 4.69) is 16.6 Å². The van der Waals surface area contributed by atoms with Gasteiger partial charge in [-0.2, -0.15) is 0 Å². The number of methoxy groups -OCH3 is 1. The van der Waals surface area contributed by atoms with Crippen LogP contribution in [0, 0.1) is 18.8 Å². The van der Waals surface area contributed by atoms with Gasteiger partial charge in [-0.05, 0) is 44.5 Å². The number of benzene rings is 1. The van der Waals surface area contributed by atoms with Crippen LogP contribution in [0.25, 0.3) is 0 Å². The van der Waals surface area contributed by atoms with Crippen LogP contribution in [0.5, 0.6) is 0 Å². The van der Waals surface area contributed by atoms with Gasteiger partial charge in [0.15, 0.2) is 0 Å². The Balaban J connectivity index is 2.97. The average Bonchev–Trinajstić information content (AvgIpc) is 2.44. The molecule has 1 aromatic rings. The maximum absolute atomic E-state index is 12.2. The van der Waals surface area contributed by atoms with Gasteiger partial charge >= 0.3 is 0 Å². The largest absolute Gasteiger partial charge is 0.377 e. The lowest BCUT2D eigenvalue weighted by Gasteiger charge is -2.23. The van der Waals surface area contributed by atoms with E-state index in [1.807, 2.05) is 20.8 Å². The summed E-state index contributed by atoms with van der Waals surface area (Å²) in [4.78, 5) is 0.213. The highest BCUT2D eigenvalue weighted by Crippen LogP contribution is 2.16. The number of aryl methyl sites for hydroxylation is 1. The molecule has 0 amide bonds. The van der Waals surface area contributed by atoms with Crippen molar-refractivity contribution in [3.63, 3.8) is 0 Å². The molecule has 21 heavy (non-hydrogen) atoms. The number of hydrogen-bond acceptors (Lipinski definition) is 4. The first-order valence-electron chi connectivity index (χ1n) is 6.56. The van der Waals surface area contributed by atoms with Gasteiger partial charge in [-0.1, -0.05) is 11.8 Å². The molecule has 0 bridgehead atoms. The molecular weight excluding hydrogens is 288 g/mol. The maximum atomic E-state index is 12.2. The Morgan fingerprint density at radius 1 is 1.38 bits per heavy atom.